The van der Waals surface area contributed by atoms with Crippen LogP contribution in [0, 0.1) is 0 Å². The van der Waals surface area contributed by atoms with Crippen molar-refractivity contribution in [3.05, 3.63) is 96.4 Å². The normalized spacial score (nSPS) is 10.6. The van der Waals surface area contributed by atoms with Crippen LogP contribution in [0.25, 0.3) is 32.7 Å². The Kier molecular flexibility index (Phi) is 4.99. The van der Waals surface area contributed by atoms with Gasteiger partial charge in [-0.1, -0.05) is 66.7 Å². The first-order valence-electron chi connectivity index (χ1n) is 9.07. The topological polar surface area (TPSA) is 3.24 Å². The second-order valence-electron chi connectivity index (χ2n) is 6.71. The Labute approximate surface area is 165 Å². The molecule has 4 aromatic rings. The van der Waals surface area contributed by atoms with Gasteiger partial charge in [0.2, 0.25) is 16.2 Å². The molecule has 1 nitrogen and oxygen atoms in total. The highest BCUT2D eigenvalue weighted by Gasteiger charge is 2.21. The molecule has 1 aromatic heterocycles. The molecule has 0 atom stereocenters. The smallest absolute Gasteiger partial charge is 0.239 e. The van der Waals surface area contributed by atoms with Gasteiger partial charge in [-0.05, 0) is 40.5 Å². The first kappa shape index (κ1) is 17.4. The minimum Gasteiger partial charge on any atom is -0.378 e. The second kappa shape index (κ2) is 7.73. The summed E-state index contributed by atoms with van der Waals surface area (Å²) in [7, 11) is 4.20. The predicted molar refractivity (Wildman–Crippen MR) is 119 cm³/mol. The third-order valence-electron chi connectivity index (χ3n) is 4.69. The Morgan fingerprint density at radius 3 is 1.59 bits per heavy atom. The molecule has 2 heteroatoms. The van der Waals surface area contributed by atoms with E-state index < -0.39 is 0 Å². The van der Waals surface area contributed by atoms with Crippen LogP contribution in [0.15, 0.2) is 96.4 Å². The number of anilines is 1. The Morgan fingerprint density at radius 2 is 1.15 bits per heavy atom. The van der Waals surface area contributed by atoms with Gasteiger partial charge in [0.1, 0.15) is 0 Å². The summed E-state index contributed by atoms with van der Waals surface area (Å²) in [6, 6.07) is 32.4. The average molecular weight is 369 g/mol. The van der Waals surface area contributed by atoms with Crippen molar-refractivity contribution < 1.29 is 0 Å². The number of hydrogen-bond donors (Lipinski definition) is 0. The van der Waals surface area contributed by atoms with Gasteiger partial charge in [0.25, 0.3) is 0 Å². The largest absolute Gasteiger partial charge is 0.378 e. The maximum Gasteiger partial charge on any atom is 0.239 e. The summed E-state index contributed by atoms with van der Waals surface area (Å²) < 4.78 is 0. The van der Waals surface area contributed by atoms with Gasteiger partial charge in [0.05, 0.1) is 5.56 Å². The van der Waals surface area contributed by atoms with Gasteiger partial charge in [-0.3, -0.25) is 0 Å². The summed E-state index contributed by atoms with van der Waals surface area (Å²) in [6.07, 6.45) is 0. The quantitative estimate of drug-likeness (QED) is 0.347. The van der Waals surface area contributed by atoms with Gasteiger partial charge in [0, 0.05) is 25.8 Å². The number of nitrogens with zero attached hydrogens (tertiary/aromatic N) is 1. The van der Waals surface area contributed by atoms with Gasteiger partial charge in [-0.15, -0.1) is 0 Å². The zero-order valence-corrected chi connectivity index (χ0v) is 16.4. The van der Waals surface area contributed by atoms with Gasteiger partial charge in [-0.2, -0.15) is 0 Å². The van der Waals surface area contributed by atoms with Crippen LogP contribution in [-0.4, -0.2) is 14.1 Å². The summed E-state index contributed by atoms with van der Waals surface area (Å²) in [4.78, 5) is 3.46. The molecule has 3 aromatic carbocycles. The Bertz CT molecular complexity index is 965. The summed E-state index contributed by atoms with van der Waals surface area (Å²) in [5, 5.41) is 2.15. The molecule has 132 valence electrons. The maximum absolute atomic E-state index is 2.30. The van der Waals surface area contributed by atoms with E-state index in [-0.39, 0.29) is 0 Å². The molecule has 1 heterocycles. The van der Waals surface area contributed by atoms with Crippen molar-refractivity contribution in [1.29, 1.82) is 0 Å². The molecule has 0 saturated carbocycles. The van der Waals surface area contributed by atoms with Crippen LogP contribution in [0.2, 0.25) is 0 Å². The zero-order chi connectivity index (χ0) is 18.6. The molecule has 0 N–H and O–H groups in total. The highest BCUT2D eigenvalue weighted by Crippen LogP contribution is 2.43. The van der Waals surface area contributed by atoms with Crippen LogP contribution < -0.4 is 4.90 Å². The maximum atomic E-state index is 2.30. The van der Waals surface area contributed by atoms with E-state index in [1.807, 2.05) is 0 Å². The molecular formula is C25H22NS+. The highest BCUT2D eigenvalue weighted by atomic mass is 32.1. The number of rotatable bonds is 4. The first-order valence-corrected chi connectivity index (χ1v) is 9.95. The summed E-state index contributed by atoms with van der Waals surface area (Å²) in [5.41, 5.74) is 7.51. The van der Waals surface area contributed by atoms with Gasteiger partial charge >= 0.3 is 0 Å². The zero-order valence-electron chi connectivity index (χ0n) is 15.6. The Morgan fingerprint density at radius 1 is 0.630 bits per heavy atom. The van der Waals surface area contributed by atoms with E-state index in [1.165, 1.54) is 38.4 Å². The fourth-order valence-corrected chi connectivity index (χ4v) is 4.13. The lowest BCUT2D eigenvalue weighted by Gasteiger charge is -2.19. The molecule has 4 rings (SSSR count). The standard InChI is InChI=1S/C25H22NS/c1-26(2)21-17-22(19-11-5-3-6-12-19)25(24-15-9-10-16-27-24)23(18-21)20-13-7-4-8-14-20/h3-18H,1-2H3/q+1. The molecule has 27 heavy (non-hydrogen) atoms. The van der Waals surface area contributed by atoms with E-state index >= 15 is 0 Å². The van der Waals surface area contributed by atoms with Crippen molar-refractivity contribution in [3.63, 3.8) is 0 Å². The minimum absolute atomic E-state index is 1.21. The molecule has 0 unspecified atom stereocenters. The van der Waals surface area contributed by atoms with Crippen LogP contribution >= 0.6 is 11.3 Å². The average Bonchev–Trinajstić information content (AvgIpc) is 2.74. The van der Waals surface area contributed by atoms with Gasteiger partial charge < -0.3 is 4.90 Å². The molecule has 0 aliphatic rings. The lowest BCUT2D eigenvalue weighted by atomic mass is 9.90. The van der Waals surface area contributed by atoms with E-state index in [9.17, 15) is 0 Å². The van der Waals surface area contributed by atoms with E-state index in [0.29, 0.717) is 0 Å². The van der Waals surface area contributed by atoms with E-state index in [1.54, 1.807) is 11.3 Å². The van der Waals surface area contributed by atoms with Crippen LogP contribution in [0.5, 0.6) is 0 Å². The molecule has 0 aliphatic heterocycles. The molecule has 0 saturated heterocycles. The lowest BCUT2D eigenvalue weighted by molar-refractivity contribution is 1.13. The molecule has 0 amide bonds. The summed E-state index contributed by atoms with van der Waals surface area (Å²) in [5.74, 6) is 0. The van der Waals surface area contributed by atoms with Crippen molar-refractivity contribution in [2.24, 2.45) is 0 Å². The van der Waals surface area contributed by atoms with E-state index in [4.69, 9.17) is 0 Å². The Balaban J connectivity index is 2.09. The van der Waals surface area contributed by atoms with Crippen molar-refractivity contribution in [3.8, 4) is 32.7 Å². The third kappa shape index (κ3) is 3.62. The molecule has 0 aliphatic carbocycles. The van der Waals surface area contributed by atoms with Crippen molar-refractivity contribution >= 4 is 17.0 Å². The van der Waals surface area contributed by atoms with Crippen LogP contribution in [0.3, 0.4) is 0 Å². The van der Waals surface area contributed by atoms with E-state index in [0.717, 1.165) is 0 Å². The molecule has 0 fully saturated rings. The second-order valence-corrected chi connectivity index (χ2v) is 7.66. The summed E-state index contributed by atoms with van der Waals surface area (Å²) in [6.45, 7) is 0. The predicted octanol–water partition coefficient (Wildman–Crippen LogP) is 7.10. The molecule has 0 bridgehead atoms. The summed E-state index contributed by atoms with van der Waals surface area (Å²) >= 11 is 1.78. The Hall–Kier alpha value is -2.97. The third-order valence-corrected chi connectivity index (χ3v) is 5.58. The highest BCUT2D eigenvalue weighted by molar-refractivity contribution is 7.13. The van der Waals surface area contributed by atoms with Gasteiger partial charge in [0.15, 0.2) is 5.38 Å². The van der Waals surface area contributed by atoms with Crippen molar-refractivity contribution in [2.75, 3.05) is 19.0 Å². The van der Waals surface area contributed by atoms with Gasteiger partial charge in [-0.25, -0.2) is 0 Å². The van der Waals surface area contributed by atoms with Crippen LogP contribution in [0.1, 0.15) is 0 Å². The molecular weight excluding hydrogens is 346 g/mol. The van der Waals surface area contributed by atoms with Crippen LogP contribution in [-0.2, 0) is 0 Å². The lowest BCUT2D eigenvalue weighted by Crippen LogP contribution is -2.09. The first-order chi connectivity index (χ1) is 13.2. The molecule has 0 radical (unpaired) electrons. The minimum atomic E-state index is 1.21. The number of hydrogen-bond acceptors (Lipinski definition) is 1. The van der Waals surface area contributed by atoms with Crippen LogP contribution in [0.4, 0.5) is 5.69 Å². The van der Waals surface area contributed by atoms with Crippen molar-refractivity contribution in [2.45, 2.75) is 0 Å². The van der Waals surface area contributed by atoms with Crippen molar-refractivity contribution in [1.82, 2.24) is 0 Å². The monoisotopic (exact) mass is 368 g/mol. The fraction of sp³-hybridized carbons (Fsp3) is 0.0800. The molecule has 0 spiro atoms. The number of benzene rings is 3. The SMILES string of the molecule is CN(C)c1cc(-c2ccccc2)c(-c2cccc[s+]2)c(-c2ccccc2)c1. The van der Waals surface area contributed by atoms with E-state index in [2.05, 4.69) is 115 Å². The fourth-order valence-electron chi connectivity index (χ4n) is 3.32.